The van der Waals surface area contributed by atoms with Crippen LogP contribution in [0.25, 0.3) is 0 Å². The number of amides is 1. The standard InChI is InChI=1S/C25H30N8O3/c34-19-8-7-11-26-21(19)22(36)28-18-10-9-17(16-20(18)35)27-23-29-24(32-12-3-1-4-13-32)31-25(30-23)33-14-5-2-6-15-33/h7-11,16,34-35H,1-6,12-15H2,(H,28,36)(H,27,29,30,31). The molecule has 4 heterocycles. The van der Waals surface area contributed by atoms with Gasteiger partial charge in [-0.2, -0.15) is 15.0 Å². The van der Waals surface area contributed by atoms with Gasteiger partial charge in [-0.15, -0.1) is 0 Å². The highest BCUT2D eigenvalue weighted by atomic mass is 16.3. The van der Waals surface area contributed by atoms with Crippen molar-refractivity contribution in [2.45, 2.75) is 38.5 Å². The summed E-state index contributed by atoms with van der Waals surface area (Å²) < 4.78 is 0. The molecule has 1 aromatic carbocycles. The Labute approximate surface area is 209 Å². The van der Waals surface area contributed by atoms with Crippen molar-refractivity contribution in [1.29, 1.82) is 0 Å². The Morgan fingerprint density at radius 2 is 1.44 bits per heavy atom. The fourth-order valence-corrected chi connectivity index (χ4v) is 4.48. The van der Waals surface area contributed by atoms with E-state index in [4.69, 9.17) is 4.98 Å². The van der Waals surface area contributed by atoms with Gasteiger partial charge < -0.3 is 30.6 Å². The molecule has 2 aliphatic heterocycles. The molecule has 0 unspecified atom stereocenters. The summed E-state index contributed by atoms with van der Waals surface area (Å²) in [6.45, 7) is 3.68. The maximum atomic E-state index is 12.4. The van der Waals surface area contributed by atoms with Crippen LogP contribution in [0, 0.1) is 0 Å². The molecule has 0 saturated carbocycles. The smallest absolute Gasteiger partial charge is 0.278 e. The summed E-state index contributed by atoms with van der Waals surface area (Å²) in [5.74, 6) is 0.716. The molecule has 11 nitrogen and oxygen atoms in total. The number of hydrogen-bond acceptors (Lipinski definition) is 10. The van der Waals surface area contributed by atoms with E-state index in [2.05, 4.69) is 35.4 Å². The first-order valence-corrected chi connectivity index (χ1v) is 12.4. The Morgan fingerprint density at radius 3 is 2.03 bits per heavy atom. The van der Waals surface area contributed by atoms with Gasteiger partial charge in [0.05, 0.1) is 5.69 Å². The van der Waals surface area contributed by atoms with Crippen molar-refractivity contribution >= 4 is 35.1 Å². The molecule has 5 rings (SSSR count). The number of piperidine rings is 2. The molecular formula is C25H30N8O3. The molecule has 0 radical (unpaired) electrons. The van der Waals surface area contributed by atoms with Crippen LogP contribution in [0.1, 0.15) is 49.0 Å². The van der Waals surface area contributed by atoms with Crippen LogP contribution in [0.5, 0.6) is 11.5 Å². The molecule has 0 atom stereocenters. The maximum Gasteiger partial charge on any atom is 0.278 e. The molecule has 3 aromatic rings. The molecule has 188 valence electrons. The second-order valence-corrected chi connectivity index (χ2v) is 9.04. The zero-order chi connectivity index (χ0) is 24.9. The lowest BCUT2D eigenvalue weighted by Crippen LogP contribution is -2.34. The Bertz CT molecular complexity index is 1190. The number of pyridine rings is 1. The topological polar surface area (TPSA) is 140 Å². The van der Waals surface area contributed by atoms with Gasteiger partial charge in [-0.1, -0.05) is 0 Å². The van der Waals surface area contributed by atoms with Crippen molar-refractivity contribution in [2.24, 2.45) is 0 Å². The SMILES string of the molecule is O=C(Nc1ccc(Nc2nc(N3CCCCC3)nc(N3CCCCC3)n2)cc1O)c1ncccc1O. The second kappa shape index (κ2) is 10.6. The normalized spacial score (nSPS) is 16.0. The van der Waals surface area contributed by atoms with E-state index in [-0.39, 0.29) is 22.9 Å². The van der Waals surface area contributed by atoms with Crippen LogP contribution < -0.4 is 20.4 Å². The van der Waals surface area contributed by atoms with Crippen LogP contribution in [-0.4, -0.2) is 62.2 Å². The Hall–Kier alpha value is -4.15. The molecule has 2 aromatic heterocycles. The van der Waals surface area contributed by atoms with Gasteiger partial charge in [0.2, 0.25) is 17.8 Å². The van der Waals surface area contributed by atoms with E-state index in [1.807, 2.05) is 0 Å². The fourth-order valence-electron chi connectivity index (χ4n) is 4.48. The third kappa shape index (κ3) is 5.40. The first-order valence-electron chi connectivity index (χ1n) is 12.4. The summed E-state index contributed by atoms with van der Waals surface area (Å²) in [6, 6.07) is 7.66. The second-order valence-electron chi connectivity index (χ2n) is 9.04. The number of phenolic OH excluding ortho intramolecular Hbond substituents is 1. The van der Waals surface area contributed by atoms with Gasteiger partial charge >= 0.3 is 0 Å². The highest BCUT2D eigenvalue weighted by Gasteiger charge is 2.21. The Kier molecular flexibility index (Phi) is 6.96. The molecular weight excluding hydrogens is 460 g/mol. The minimum atomic E-state index is -0.626. The van der Waals surface area contributed by atoms with E-state index in [0.717, 1.165) is 51.9 Å². The van der Waals surface area contributed by atoms with E-state index in [0.29, 0.717) is 23.5 Å². The third-order valence-corrected chi connectivity index (χ3v) is 6.39. The van der Waals surface area contributed by atoms with Crippen LogP contribution in [0.4, 0.5) is 29.2 Å². The lowest BCUT2D eigenvalue weighted by Gasteiger charge is -2.30. The number of aromatic nitrogens is 4. The third-order valence-electron chi connectivity index (χ3n) is 6.39. The summed E-state index contributed by atoms with van der Waals surface area (Å²) in [4.78, 5) is 34.9. The van der Waals surface area contributed by atoms with Crippen LogP contribution in [0.3, 0.4) is 0 Å². The average molecular weight is 491 g/mol. The Morgan fingerprint density at radius 1 is 0.806 bits per heavy atom. The van der Waals surface area contributed by atoms with E-state index in [1.54, 1.807) is 12.1 Å². The van der Waals surface area contributed by atoms with Crippen molar-refractivity contribution in [3.63, 3.8) is 0 Å². The number of hydrogen-bond donors (Lipinski definition) is 4. The van der Waals surface area contributed by atoms with Gasteiger partial charge in [0.1, 0.15) is 11.5 Å². The fraction of sp³-hybridized carbons (Fsp3) is 0.400. The molecule has 1 amide bonds. The van der Waals surface area contributed by atoms with Gasteiger partial charge in [-0.05, 0) is 62.8 Å². The van der Waals surface area contributed by atoms with Crippen molar-refractivity contribution < 1.29 is 15.0 Å². The number of nitrogens with one attached hydrogen (secondary N) is 2. The molecule has 0 bridgehead atoms. The maximum absolute atomic E-state index is 12.4. The summed E-state index contributed by atoms with van der Waals surface area (Å²) >= 11 is 0. The highest BCUT2D eigenvalue weighted by Crippen LogP contribution is 2.30. The van der Waals surface area contributed by atoms with E-state index < -0.39 is 5.91 Å². The van der Waals surface area contributed by atoms with E-state index >= 15 is 0 Å². The predicted octanol–water partition coefficient (Wildman–Crippen LogP) is 3.65. The monoisotopic (exact) mass is 490 g/mol. The molecule has 36 heavy (non-hydrogen) atoms. The van der Waals surface area contributed by atoms with Gasteiger partial charge in [0.25, 0.3) is 5.91 Å². The summed E-state index contributed by atoms with van der Waals surface area (Å²) in [5, 5.41) is 26.1. The summed E-state index contributed by atoms with van der Waals surface area (Å²) in [7, 11) is 0. The van der Waals surface area contributed by atoms with Gasteiger partial charge in [0.15, 0.2) is 5.69 Å². The Balaban J connectivity index is 1.36. The van der Waals surface area contributed by atoms with E-state index in [1.165, 1.54) is 37.2 Å². The van der Waals surface area contributed by atoms with Gasteiger partial charge in [-0.3, -0.25) is 4.79 Å². The summed E-state index contributed by atoms with van der Waals surface area (Å²) in [5.41, 5.74) is 0.626. The van der Waals surface area contributed by atoms with Crippen LogP contribution >= 0.6 is 0 Å². The van der Waals surface area contributed by atoms with Gasteiger partial charge in [0, 0.05) is 44.1 Å². The van der Waals surface area contributed by atoms with Crippen LogP contribution in [-0.2, 0) is 0 Å². The minimum Gasteiger partial charge on any atom is -0.506 e. The average Bonchev–Trinajstić information content (AvgIpc) is 2.91. The number of aromatic hydroxyl groups is 2. The largest absolute Gasteiger partial charge is 0.506 e. The first-order chi connectivity index (χ1) is 17.6. The highest BCUT2D eigenvalue weighted by molar-refractivity contribution is 6.05. The number of benzene rings is 1. The molecule has 11 heteroatoms. The van der Waals surface area contributed by atoms with Crippen LogP contribution in [0.2, 0.25) is 0 Å². The predicted molar refractivity (Wildman–Crippen MR) is 137 cm³/mol. The van der Waals surface area contributed by atoms with Crippen molar-refractivity contribution in [2.75, 3.05) is 46.6 Å². The molecule has 2 aliphatic rings. The molecule has 0 aliphatic carbocycles. The number of carbonyl (C=O) groups excluding carboxylic acids is 1. The molecule has 0 spiro atoms. The minimum absolute atomic E-state index is 0.125. The number of nitrogens with zero attached hydrogens (tertiary/aromatic N) is 6. The zero-order valence-corrected chi connectivity index (χ0v) is 20.0. The number of phenols is 1. The van der Waals surface area contributed by atoms with Crippen LogP contribution in [0.15, 0.2) is 36.5 Å². The summed E-state index contributed by atoms with van der Waals surface area (Å²) in [6.07, 6.45) is 8.30. The molecule has 4 N–H and O–H groups in total. The van der Waals surface area contributed by atoms with Crippen molar-refractivity contribution in [3.8, 4) is 11.5 Å². The quantitative estimate of drug-likeness (QED) is 0.379. The van der Waals surface area contributed by atoms with Crippen molar-refractivity contribution in [3.05, 3.63) is 42.2 Å². The van der Waals surface area contributed by atoms with Crippen molar-refractivity contribution in [1.82, 2.24) is 19.9 Å². The zero-order valence-electron chi connectivity index (χ0n) is 20.0. The number of rotatable bonds is 6. The molecule has 2 saturated heterocycles. The number of carbonyl (C=O) groups is 1. The lowest BCUT2D eigenvalue weighted by molar-refractivity contribution is 0.101. The van der Waals surface area contributed by atoms with Gasteiger partial charge in [-0.25, -0.2) is 4.98 Å². The molecule has 2 fully saturated rings. The number of anilines is 5. The van der Waals surface area contributed by atoms with E-state index in [9.17, 15) is 15.0 Å². The first kappa shape index (κ1) is 23.6. The lowest BCUT2D eigenvalue weighted by atomic mass is 10.1.